The van der Waals surface area contributed by atoms with Crippen molar-refractivity contribution in [3.8, 4) is 16.9 Å². The van der Waals surface area contributed by atoms with Crippen LogP contribution in [0.15, 0.2) is 48.5 Å². The molecule has 0 aromatic heterocycles. The molecule has 0 bridgehead atoms. The van der Waals surface area contributed by atoms with Crippen LogP contribution in [0, 0.1) is 0 Å². The fourth-order valence-electron chi connectivity index (χ4n) is 4.89. The van der Waals surface area contributed by atoms with Crippen LogP contribution < -0.4 is 4.74 Å². The SMILES string of the molecule is COc1ccccc1-c1ccc(CN2CCC(N3C[C@H](C)O[C@@H](C)C3)CC2)cc1. The molecule has 29 heavy (non-hydrogen) atoms. The van der Waals surface area contributed by atoms with Gasteiger partial charge >= 0.3 is 0 Å². The van der Waals surface area contributed by atoms with E-state index in [9.17, 15) is 0 Å². The number of benzene rings is 2. The molecule has 2 aliphatic rings. The Bertz CT molecular complexity index is 774. The number of ether oxygens (including phenoxy) is 2. The summed E-state index contributed by atoms with van der Waals surface area (Å²) >= 11 is 0. The van der Waals surface area contributed by atoms with Gasteiger partial charge < -0.3 is 9.47 Å². The van der Waals surface area contributed by atoms with Gasteiger partial charge in [0.05, 0.1) is 19.3 Å². The standard InChI is InChI=1S/C25H34N2O2/c1-19-16-27(17-20(2)29-19)23-12-14-26(15-13-23)18-21-8-10-22(11-9-21)24-6-4-5-7-25(24)28-3/h4-11,19-20,23H,12-18H2,1-3H3/t19-,20-/m0/s1. The average molecular weight is 395 g/mol. The third kappa shape index (κ3) is 5.00. The number of nitrogens with zero attached hydrogens (tertiary/aromatic N) is 2. The molecule has 4 rings (SSSR count). The Morgan fingerprint density at radius 3 is 2.24 bits per heavy atom. The van der Waals surface area contributed by atoms with Crippen LogP contribution in [0.5, 0.6) is 5.75 Å². The number of hydrogen-bond donors (Lipinski definition) is 0. The zero-order valence-electron chi connectivity index (χ0n) is 18.0. The van der Waals surface area contributed by atoms with Gasteiger partial charge in [0, 0.05) is 31.2 Å². The number of piperidine rings is 1. The van der Waals surface area contributed by atoms with Crippen LogP contribution in [0.4, 0.5) is 0 Å². The van der Waals surface area contributed by atoms with E-state index in [1.807, 2.05) is 12.1 Å². The minimum Gasteiger partial charge on any atom is -0.496 e. The maximum Gasteiger partial charge on any atom is 0.126 e. The van der Waals surface area contributed by atoms with Gasteiger partial charge in [0.2, 0.25) is 0 Å². The summed E-state index contributed by atoms with van der Waals surface area (Å²) in [5.41, 5.74) is 3.74. The number of rotatable bonds is 5. The summed E-state index contributed by atoms with van der Waals surface area (Å²) in [7, 11) is 1.73. The highest BCUT2D eigenvalue weighted by molar-refractivity contribution is 5.70. The van der Waals surface area contributed by atoms with Crippen molar-refractivity contribution < 1.29 is 9.47 Å². The van der Waals surface area contributed by atoms with Crippen molar-refractivity contribution in [3.05, 3.63) is 54.1 Å². The second-order valence-electron chi connectivity index (χ2n) is 8.62. The lowest BCUT2D eigenvalue weighted by molar-refractivity contribution is -0.0865. The topological polar surface area (TPSA) is 24.9 Å². The third-order valence-electron chi connectivity index (χ3n) is 6.30. The Hall–Kier alpha value is -1.88. The van der Waals surface area contributed by atoms with Gasteiger partial charge in [-0.05, 0) is 57.0 Å². The normalized spacial score (nSPS) is 24.5. The molecule has 0 radical (unpaired) electrons. The van der Waals surface area contributed by atoms with Gasteiger partial charge in [0.25, 0.3) is 0 Å². The van der Waals surface area contributed by atoms with E-state index < -0.39 is 0 Å². The molecule has 2 aromatic carbocycles. The molecule has 0 spiro atoms. The molecule has 2 atom stereocenters. The predicted octanol–water partition coefficient (Wildman–Crippen LogP) is 4.44. The van der Waals surface area contributed by atoms with Crippen molar-refractivity contribution in [2.45, 2.75) is 51.5 Å². The highest BCUT2D eigenvalue weighted by Crippen LogP contribution is 2.30. The minimum absolute atomic E-state index is 0.360. The first-order valence-corrected chi connectivity index (χ1v) is 11.0. The number of methoxy groups -OCH3 is 1. The van der Waals surface area contributed by atoms with E-state index in [-0.39, 0.29) is 0 Å². The van der Waals surface area contributed by atoms with Gasteiger partial charge in [-0.15, -0.1) is 0 Å². The monoisotopic (exact) mass is 394 g/mol. The number of para-hydroxylation sites is 1. The molecule has 2 saturated heterocycles. The van der Waals surface area contributed by atoms with Gasteiger partial charge in [-0.3, -0.25) is 9.80 Å². The second kappa shape index (κ2) is 9.29. The van der Waals surface area contributed by atoms with Crippen LogP contribution in [0.2, 0.25) is 0 Å². The molecular weight excluding hydrogens is 360 g/mol. The van der Waals surface area contributed by atoms with E-state index in [1.54, 1.807) is 7.11 Å². The van der Waals surface area contributed by atoms with E-state index in [2.05, 4.69) is 60.0 Å². The summed E-state index contributed by atoms with van der Waals surface area (Å²) in [6.45, 7) is 9.96. The molecule has 2 aromatic rings. The summed E-state index contributed by atoms with van der Waals surface area (Å²) in [5, 5.41) is 0. The third-order valence-corrected chi connectivity index (χ3v) is 6.30. The molecule has 4 nitrogen and oxygen atoms in total. The van der Waals surface area contributed by atoms with Crippen molar-refractivity contribution in [2.24, 2.45) is 0 Å². The molecule has 2 aliphatic heterocycles. The Morgan fingerprint density at radius 2 is 1.59 bits per heavy atom. The first kappa shape index (κ1) is 20.4. The zero-order chi connectivity index (χ0) is 20.2. The highest BCUT2D eigenvalue weighted by atomic mass is 16.5. The molecule has 0 N–H and O–H groups in total. The molecule has 156 valence electrons. The summed E-state index contributed by atoms with van der Waals surface area (Å²) in [6.07, 6.45) is 3.24. The van der Waals surface area contributed by atoms with Crippen LogP contribution in [-0.2, 0) is 11.3 Å². The average Bonchev–Trinajstić information content (AvgIpc) is 2.74. The summed E-state index contributed by atoms with van der Waals surface area (Å²) in [4.78, 5) is 5.26. The van der Waals surface area contributed by atoms with Crippen LogP contribution >= 0.6 is 0 Å². The van der Waals surface area contributed by atoms with E-state index in [0.29, 0.717) is 18.2 Å². The van der Waals surface area contributed by atoms with Crippen molar-refractivity contribution in [1.29, 1.82) is 0 Å². The molecule has 0 unspecified atom stereocenters. The minimum atomic E-state index is 0.360. The fraction of sp³-hybridized carbons (Fsp3) is 0.520. The van der Waals surface area contributed by atoms with E-state index in [0.717, 1.165) is 30.9 Å². The summed E-state index contributed by atoms with van der Waals surface area (Å²) in [5.74, 6) is 0.925. The maximum absolute atomic E-state index is 5.90. The van der Waals surface area contributed by atoms with Crippen LogP contribution in [-0.4, -0.2) is 61.3 Å². The Morgan fingerprint density at radius 1 is 0.931 bits per heavy atom. The Balaban J connectivity index is 1.32. The first-order chi connectivity index (χ1) is 14.1. The summed E-state index contributed by atoms with van der Waals surface area (Å²) in [6, 6.07) is 17.9. The molecule has 0 amide bonds. The smallest absolute Gasteiger partial charge is 0.126 e. The van der Waals surface area contributed by atoms with Crippen molar-refractivity contribution >= 4 is 0 Å². The van der Waals surface area contributed by atoms with Crippen molar-refractivity contribution in [1.82, 2.24) is 9.80 Å². The molecule has 0 saturated carbocycles. The number of hydrogen-bond acceptors (Lipinski definition) is 4. The Kier molecular flexibility index (Phi) is 6.53. The van der Waals surface area contributed by atoms with Gasteiger partial charge in [-0.2, -0.15) is 0 Å². The molecular formula is C25H34N2O2. The van der Waals surface area contributed by atoms with E-state index in [4.69, 9.17) is 9.47 Å². The fourth-order valence-corrected chi connectivity index (χ4v) is 4.89. The molecule has 4 heteroatoms. The summed E-state index contributed by atoms with van der Waals surface area (Å²) < 4.78 is 11.4. The van der Waals surface area contributed by atoms with Gasteiger partial charge in [0.15, 0.2) is 0 Å². The molecule has 0 aliphatic carbocycles. The van der Waals surface area contributed by atoms with Crippen LogP contribution in [0.1, 0.15) is 32.3 Å². The predicted molar refractivity (Wildman–Crippen MR) is 118 cm³/mol. The van der Waals surface area contributed by atoms with Crippen molar-refractivity contribution in [3.63, 3.8) is 0 Å². The van der Waals surface area contributed by atoms with E-state index >= 15 is 0 Å². The van der Waals surface area contributed by atoms with Crippen molar-refractivity contribution in [2.75, 3.05) is 33.3 Å². The lowest BCUT2D eigenvalue weighted by atomic mass is 10.00. The highest BCUT2D eigenvalue weighted by Gasteiger charge is 2.30. The first-order valence-electron chi connectivity index (χ1n) is 11.0. The zero-order valence-corrected chi connectivity index (χ0v) is 18.0. The van der Waals surface area contributed by atoms with E-state index in [1.165, 1.54) is 37.1 Å². The maximum atomic E-state index is 5.90. The van der Waals surface area contributed by atoms with Gasteiger partial charge in [-0.25, -0.2) is 0 Å². The van der Waals surface area contributed by atoms with Crippen LogP contribution in [0.25, 0.3) is 11.1 Å². The van der Waals surface area contributed by atoms with Gasteiger partial charge in [-0.1, -0.05) is 42.5 Å². The number of likely N-dealkylation sites (tertiary alicyclic amines) is 1. The lowest BCUT2D eigenvalue weighted by Gasteiger charge is -2.43. The molecule has 2 fully saturated rings. The largest absolute Gasteiger partial charge is 0.496 e. The molecule has 2 heterocycles. The lowest BCUT2D eigenvalue weighted by Crippen LogP contribution is -2.53. The van der Waals surface area contributed by atoms with Crippen LogP contribution in [0.3, 0.4) is 0 Å². The number of morpholine rings is 1. The second-order valence-corrected chi connectivity index (χ2v) is 8.62. The quantitative estimate of drug-likeness (QED) is 0.749. The Labute approximate surface area is 175 Å². The van der Waals surface area contributed by atoms with Gasteiger partial charge in [0.1, 0.15) is 5.75 Å².